The predicted molar refractivity (Wildman–Crippen MR) is 107 cm³/mol. The van der Waals surface area contributed by atoms with Gasteiger partial charge in [-0.05, 0) is 60.4 Å². The van der Waals surface area contributed by atoms with Crippen molar-refractivity contribution >= 4 is 11.6 Å². The molecule has 0 saturated carbocycles. The van der Waals surface area contributed by atoms with Crippen LogP contribution in [-0.4, -0.2) is 15.9 Å². The van der Waals surface area contributed by atoms with E-state index < -0.39 is 0 Å². The van der Waals surface area contributed by atoms with Gasteiger partial charge in [-0.2, -0.15) is 0 Å². The molecule has 27 heavy (non-hydrogen) atoms. The van der Waals surface area contributed by atoms with E-state index in [-0.39, 0.29) is 12.1 Å². The number of carbonyl (C=O) groups excluding carboxylic acids is 1. The zero-order valence-electron chi connectivity index (χ0n) is 15.4. The van der Waals surface area contributed by atoms with Gasteiger partial charge in [0.05, 0.1) is 5.56 Å². The molecule has 1 amide bonds. The van der Waals surface area contributed by atoms with Crippen molar-refractivity contribution in [1.82, 2.24) is 4.90 Å². The first-order valence-corrected chi connectivity index (χ1v) is 9.05. The second-order valence-electron chi connectivity index (χ2n) is 7.01. The minimum absolute atomic E-state index is 0.00147. The van der Waals surface area contributed by atoms with Crippen molar-refractivity contribution in [3.05, 3.63) is 94.5 Å². The number of rotatable bonds is 3. The van der Waals surface area contributed by atoms with Crippen LogP contribution in [0.5, 0.6) is 5.75 Å². The van der Waals surface area contributed by atoms with E-state index in [1.54, 1.807) is 0 Å². The Morgan fingerprint density at radius 2 is 1.59 bits per heavy atom. The molecule has 1 aliphatic rings. The molecule has 0 unspecified atom stereocenters. The molecule has 0 fully saturated rings. The van der Waals surface area contributed by atoms with Crippen molar-refractivity contribution in [1.29, 1.82) is 0 Å². The average molecular weight is 358 g/mol. The van der Waals surface area contributed by atoms with Gasteiger partial charge in [-0.15, -0.1) is 0 Å². The number of aryl methyl sites for hydroxylation is 2. The summed E-state index contributed by atoms with van der Waals surface area (Å²) in [6.07, 6.45) is -0.300. The molecule has 136 valence electrons. The monoisotopic (exact) mass is 358 g/mol. The van der Waals surface area contributed by atoms with Crippen LogP contribution in [-0.2, 0) is 6.54 Å². The third-order valence-electron chi connectivity index (χ3n) is 5.05. The Hall–Kier alpha value is -3.27. The Labute approximate surface area is 159 Å². The molecule has 3 aromatic rings. The summed E-state index contributed by atoms with van der Waals surface area (Å²) < 4.78 is 0. The van der Waals surface area contributed by atoms with Crippen molar-refractivity contribution in [3.8, 4) is 5.75 Å². The topological polar surface area (TPSA) is 52.6 Å². The predicted octanol–water partition coefficient (Wildman–Crippen LogP) is 4.78. The number of nitrogens with zero attached hydrogens (tertiary/aromatic N) is 1. The summed E-state index contributed by atoms with van der Waals surface area (Å²) in [6.45, 7) is 4.27. The molecular weight excluding hydrogens is 336 g/mol. The average Bonchev–Trinajstić information content (AvgIpc) is 2.68. The maximum Gasteiger partial charge on any atom is 0.258 e. The first kappa shape index (κ1) is 17.2. The minimum atomic E-state index is -0.300. The molecule has 3 aromatic carbocycles. The molecule has 0 saturated heterocycles. The molecule has 1 heterocycles. The van der Waals surface area contributed by atoms with Gasteiger partial charge in [0.2, 0.25) is 0 Å². The summed E-state index contributed by atoms with van der Waals surface area (Å²) in [6, 6.07) is 21.5. The van der Waals surface area contributed by atoms with Gasteiger partial charge in [0.1, 0.15) is 11.9 Å². The second kappa shape index (κ2) is 6.80. The summed E-state index contributed by atoms with van der Waals surface area (Å²) in [5.74, 6) is 0.303. The van der Waals surface area contributed by atoms with Gasteiger partial charge in [0, 0.05) is 12.2 Å². The summed E-state index contributed by atoms with van der Waals surface area (Å²) in [5, 5.41) is 13.7. The number of hydrogen-bond acceptors (Lipinski definition) is 3. The van der Waals surface area contributed by atoms with Crippen LogP contribution in [0.1, 0.15) is 38.8 Å². The van der Waals surface area contributed by atoms with Crippen molar-refractivity contribution in [2.75, 3.05) is 5.32 Å². The van der Waals surface area contributed by atoms with Gasteiger partial charge < -0.3 is 15.3 Å². The molecule has 0 radical (unpaired) electrons. The van der Waals surface area contributed by atoms with Gasteiger partial charge >= 0.3 is 0 Å². The van der Waals surface area contributed by atoms with Gasteiger partial charge in [0.25, 0.3) is 5.91 Å². The zero-order chi connectivity index (χ0) is 19.0. The summed E-state index contributed by atoms with van der Waals surface area (Å²) in [4.78, 5) is 15.1. The summed E-state index contributed by atoms with van der Waals surface area (Å²) in [5.41, 5.74) is 5.15. The largest absolute Gasteiger partial charge is 0.507 e. The summed E-state index contributed by atoms with van der Waals surface area (Å²) in [7, 11) is 0. The number of nitrogens with one attached hydrogen (secondary N) is 1. The molecule has 0 aliphatic carbocycles. The van der Waals surface area contributed by atoms with Crippen molar-refractivity contribution in [2.45, 2.75) is 26.6 Å². The van der Waals surface area contributed by atoms with Gasteiger partial charge in [-0.3, -0.25) is 4.79 Å². The number of phenolic OH excluding ortho intramolecular Hbond substituents is 1. The molecular formula is C23H22N2O2. The number of carbonyl (C=O) groups is 1. The van der Waals surface area contributed by atoms with E-state index >= 15 is 0 Å². The maximum absolute atomic E-state index is 13.3. The lowest BCUT2D eigenvalue weighted by atomic mass is 9.99. The van der Waals surface area contributed by atoms with Crippen LogP contribution in [0.15, 0.2) is 66.7 Å². The Bertz CT molecular complexity index is 975. The first-order valence-electron chi connectivity index (χ1n) is 9.05. The summed E-state index contributed by atoms with van der Waals surface area (Å²) >= 11 is 0. The van der Waals surface area contributed by atoms with E-state index in [4.69, 9.17) is 0 Å². The maximum atomic E-state index is 13.3. The Balaban J connectivity index is 1.80. The highest BCUT2D eigenvalue weighted by Crippen LogP contribution is 2.36. The second-order valence-corrected chi connectivity index (χ2v) is 7.01. The zero-order valence-corrected chi connectivity index (χ0v) is 15.4. The van der Waals surface area contributed by atoms with E-state index in [2.05, 4.69) is 5.32 Å². The number of para-hydroxylation sites is 1. The Kier molecular flexibility index (Phi) is 4.32. The van der Waals surface area contributed by atoms with Crippen LogP contribution in [0.3, 0.4) is 0 Å². The fourth-order valence-corrected chi connectivity index (χ4v) is 3.65. The Morgan fingerprint density at radius 1 is 0.963 bits per heavy atom. The third kappa shape index (κ3) is 3.14. The Morgan fingerprint density at radius 3 is 2.30 bits per heavy atom. The molecule has 1 aliphatic heterocycles. The quantitative estimate of drug-likeness (QED) is 0.709. The third-order valence-corrected chi connectivity index (χ3v) is 5.05. The number of amides is 1. The van der Waals surface area contributed by atoms with Crippen LogP contribution in [0.2, 0.25) is 0 Å². The number of phenols is 1. The van der Waals surface area contributed by atoms with Gasteiger partial charge in [-0.25, -0.2) is 0 Å². The molecule has 4 rings (SSSR count). The first-order chi connectivity index (χ1) is 13.0. The standard InChI is InChI=1S/C23H22N2O2/c1-15-12-18(13-16(2)21(15)26)22-24-20-11-7-6-10-19(20)23(27)25(22)14-17-8-4-3-5-9-17/h3-13,22,24,26H,14H2,1-2H3/t22-/m0/s1. The number of aromatic hydroxyl groups is 1. The number of benzene rings is 3. The van der Waals surface area contributed by atoms with Crippen molar-refractivity contribution in [3.63, 3.8) is 0 Å². The van der Waals surface area contributed by atoms with E-state index in [1.807, 2.05) is 85.5 Å². The normalized spacial score (nSPS) is 16.0. The van der Waals surface area contributed by atoms with E-state index in [0.29, 0.717) is 17.9 Å². The van der Waals surface area contributed by atoms with Gasteiger partial charge in [-0.1, -0.05) is 42.5 Å². The smallest absolute Gasteiger partial charge is 0.258 e. The molecule has 4 heteroatoms. The number of hydrogen-bond donors (Lipinski definition) is 2. The highest BCUT2D eigenvalue weighted by atomic mass is 16.3. The lowest BCUT2D eigenvalue weighted by Crippen LogP contribution is -2.42. The van der Waals surface area contributed by atoms with Crippen LogP contribution < -0.4 is 5.32 Å². The van der Waals surface area contributed by atoms with Crippen LogP contribution in [0.4, 0.5) is 5.69 Å². The van der Waals surface area contributed by atoms with Crippen molar-refractivity contribution in [2.24, 2.45) is 0 Å². The van der Waals surface area contributed by atoms with Crippen molar-refractivity contribution < 1.29 is 9.90 Å². The van der Waals surface area contributed by atoms with E-state index in [1.165, 1.54) is 0 Å². The molecule has 0 bridgehead atoms. The fraction of sp³-hybridized carbons (Fsp3) is 0.174. The van der Waals surface area contributed by atoms with Crippen LogP contribution >= 0.6 is 0 Å². The molecule has 2 N–H and O–H groups in total. The van der Waals surface area contributed by atoms with E-state index in [0.717, 1.165) is 27.9 Å². The van der Waals surface area contributed by atoms with Gasteiger partial charge in [0.15, 0.2) is 0 Å². The molecule has 0 spiro atoms. The number of anilines is 1. The van der Waals surface area contributed by atoms with Crippen LogP contribution in [0.25, 0.3) is 0 Å². The lowest BCUT2D eigenvalue weighted by molar-refractivity contribution is 0.0666. The fourth-order valence-electron chi connectivity index (χ4n) is 3.65. The molecule has 4 nitrogen and oxygen atoms in total. The highest BCUT2D eigenvalue weighted by molar-refractivity contribution is 6.01. The van der Waals surface area contributed by atoms with E-state index in [9.17, 15) is 9.90 Å². The lowest BCUT2D eigenvalue weighted by Gasteiger charge is -2.38. The highest BCUT2D eigenvalue weighted by Gasteiger charge is 2.33. The SMILES string of the molecule is Cc1cc([C@H]2Nc3ccccc3C(=O)N2Cc2ccccc2)cc(C)c1O. The molecule has 1 atom stereocenters. The molecule has 0 aromatic heterocycles. The number of fused-ring (bicyclic) bond motifs is 1. The van der Waals surface area contributed by atoms with Crippen LogP contribution in [0, 0.1) is 13.8 Å². The minimum Gasteiger partial charge on any atom is -0.507 e.